The molecule has 1 aliphatic rings. The van der Waals surface area contributed by atoms with E-state index in [2.05, 4.69) is 28.3 Å². The van der Waals surface area contributed by atoms with Gasteiger partial charge in [0.05, 0.1) is 12.7 Å². The van der Waals surface area contributed by atoms with Gasteiger partial charge in [-0.2, -0.15) is 5.10 Å². The predicted octanol–water partition coefficient (Wildman–Crippen LogP) is 2.00. The molecule has 2 aromatic rings. The van der Waals surface area contributed by atoms with Crippen molar-refractivity contribution in [2.24, 2.45) is 12.8 Å². The normalized spacial score (nSPS) is 19.6. The number of aryl methyl sites for hydroxylation is 2. The van der Waals surface area contributed by atoms with Gasteiger partial charge >= 0.3 is 0 Å². The summed E-state index contributed by atoms with van der Waals surface area (Å²) < 4.78 is 4.09. The first-order valence-electron chi connectivity index (χ1n) is 6.64. The van der Waals surface area contributed by atoms with Crippen LogP contribution in [0.15, 0.2) is 24.8 Å². The van der Waals surface area contributed by atoms with Crippen molar-refractivity contribution in [3.05, 3.63) is 41.5 Å². The SMILES string of the molecule is Cn1cc(Cn2cc3c(c2)C(N)CCCC3)cn1. The van der Waals surface area contributed by atoms with Crippen molar-refractivity contribution in [1.29, 1.82) is 0 Å². The summed E-state index contributed by atoms with van der Waals surface area (Å²) in [6.45, 7) is 0.882. The molecule has 1 atom stereocenters. The van der Waals surface area contributed by atoms with E-state index >= 15 is 0 Å². The molecule has 0 aromatic carbocycles. The van der Waals surface area contributed by atoms with E-state index < -0.39 is 0 Å². The minimum absolute atomic E-state index is 0.220. The first kappa shape index (κ1) is 11.5. The Morgan fingerprint density at radius 1 is 1.33 bits per heavy atom. The summed E-state index contributed by atoms with van der Waals surface area (Å²) in [6.07, 6.45) is 13.3. The number of hydrogen-bond donors (Lipinski definition) is 1. The lowest BCUT2D eigenvalue weighted by Crippen LogP contribution is -2.09. The van der Waals surface area contributed by atoms with Crippen LogP contribution in [0.25, 0.3) is 0 Å². The summed E-state index contributed by atoms with van der Waals surface area (Å²) in [5.41, 5.74) is 10.2. The van der Waals surface area contributed by atoms with E-state index in [1.165, 1.54) is 36.0 Å². The number of fused-ring (bicyclic) bond motifs is 1. The van der Waals surface area contributed by atoms with Crippen molar-refractivity contribution in [1.82, 2.24) is 14.3 Å². The van der Waals surface area contributed by atoms with E-state index in [1.54, 1.807) is 0 Å². The first-order chi connectivity index (χ1) is 8.72. The van der Waals surface area contributed by atoms with Crippen LogP contribution >= 0.6 is 0 Å². The third kappa shape index (κ3) is 2.20. The maximum absolute atomic E-state index is 6.23. The van der Waals surface area contributed by atoms with Crippen LogP contribution in [0.2, 0.25) is 0 Å². The molecule has 0 saturated carbocycles. The van der Waals surface area contributed by atoms with Crippen molar-refractivity contribution in [3.63, 3.8) is 0 Å². The van der Waals surface area contributed by atoms with Crippen molar-refractivity contribution in [3.8, 4) is 0 Å². The maximum Gasteiger partial charge on any atom is 0.0539 e. The number of rotatable bonds is 2. The topological polar surface area (TPSA) is 48.8 Å². The molecule has 0 aliphatic heterocycles. The third-order valence-corrected chi connectivity index (χ3v) is 3.73. The van der Waals surface area contributed by atoms with Gasteiger partial charge in [-0.1, -0.05) is 6.42 Å². The van der Waals surface area contributed by atoms with Crippen molar-refractivity contribution in [2.75, 3.05) is 0 Å². The van der Waals surface area contributed by atoms with Gasteiger partial charge in [-0.25, -0.2) is 0 Å². The molecule has 0 bridgehead atoms. The van der Waals surface area contributed by atoms with Gasteiger partial charge in [0, 0.05) is 37.2 Å². The highest BCUT2D eigenvalue weighted by Crippen LogP contribution is 2.27. The van der Waals surface area contributed by atoms with Crippen LogP contribution in [0.5, 0.6) is 0 Å². The Bertz CT molecular complexity index is 538. The van der Waals surface area contributed by atoms with E-state index in [9.17, 15) is 0 Å². The minimum Gasteiger partial charge on any atom is -0.349 e. The second-order valence-corrected chi connectivity index (χ2v) is 5.29. The van der Waals surface area contributed by atoms with E-state index in [-0.39, 0.29) is 6.04 Å². The zero-order valence-corrected chi connectivity index (χ0v) is 10.8. The Kier molecular flexibility index (Phi) is 2.96. The standard InChI is InChI=1S/C14H20N4/c1-17-7-11(6-16-17)8-18-9-12-4-2-3-5-14(15)13(12)10-18/h6-7,9-10,14H,2-5,8,15H2,1H3. The summed E-state index contributed by atoms with van der Waals surface area (Å²) in [5, 5.41) is 4.20. The van der Waals surface area contributed by atoms with E-state index in [0.717, 1.165) is 13.0 Å². The van der Waals surface area contributed by atoms with Crippen molar-refractivity contribution < 1.29 is 0 Å². The largest absolute Gasteiger partial charge is 0.349 e. The molecule has 4 heteroatoms. The molecule has 0 spiro atoms. The molecule has 1 unspecified atom stereocenters. The molecule has 1 aliphatic carbocycles. The Balaban J connectivity index is 1.84. The lowest BCUT2D eigenvalue weighted by Gasteiger charge is -2.07. The molecule has 0 amide bonds. The number of nitrogens with two attached hydrogens (primary N) is 1. The second-order valence-electron chi connectivity index (χ2n) is 5.29. The number of aromatic nitrogens is 3. The molecular formula is C14H20N4. The molecule has 3 rings (SSSR count). The fourth-order valence-corrected chi connectivity index (χ4v) is 2.81. The average Bonchev–Trinajstić information content (AvgIpc) is 2.88. The van der Waals surface area contributed by atoms with Gasteiger partial charge in [-0.3, -0.25) is 4.68 Å². The highest BCUT2D eigenvalue weighted by Gasteiger charge is 2.17. The Morgan fingerprint density at radius 2 is 2.22 bits per heavy atom. The predicted molar refractivity (Wildman–Crippen MR) is 71.2 cm³/mol. The Morgan fingerprint density at radius 3 is 3.00 bits per heavy atom. The lowest BCUT2D eigenvalue weighted by atomic mass is 10.1. The minimum atomic E-state index is 0.220. The van der Waals surface area contributed by atoms with Gasteiger partial charge in [0.2, 0.25) is 0 Å². The van der Waals surface area contributed by atoms with E-state index in [1.807, 2.05) is 17.9 Å². The van der Waals surface area contributed by atoms with Gasteiger partial charge in [-0.05, 0) is 30.4 Å². The van der Waals surface area contributed by atoms with Gasteiger partial charge in [-0.15, -0.1) is 0 Å². The first-order valence-corrected chi connectivity index (χ1v) is 6.64. The van der Waals surface area contributed by atoms with Crippen LogP contribution in [0, 0.1) is 0 Å². The van der Waals surface area contributed by atoms with Gasteiger partial charge in [0.25, 0.3) is 0 Å². The molecule has 18 heavy (non-hydrogen) atoms. The van der Waals surface area contributed by atoms with Crippen LogP contribution in [0.1, 0.15) is 42.0 Å². The van der Waals surface area contributed by atoms with Crippen molar-refractivity contribution >= 4 is 0 Å². The second kappa shape index (κ2) is 4.61. The smallest absolute Gasteiger partial charge is 0.0539 e. The summed E-state index contributed by atoms with van der Waals surface area (Å²) in [4.78, 5) is 0. The maximum atomic E-state index is 6.23. The summed E-state index contributed by atoms with van der Waals surface area (Å²) in [5.74, 6) is 0. The highest BCUT2D eigenvalue weighted by atomic mass is 15.2. The Labute approximate surface area is 107 Å². The van der Waals surface area contributed by atoms with Gasteiger partial charge in [0.1, 0.15) is 0 Å². The zero-order chi connectivity index (χ0) is 12.5. The van der Waals surface area contributed by atoms with Crippen LogP contribution in [-0.4, -0.2) is 14.3 Å². The van der Waals surface area contributed by atoms with Crippen LogP contribution in [0.4, 0.5) is 0 Å². The van der Waals surface area contributed by atoms with Gasteiger partial charge in [0.15, 0.2) is 0 Å². The molecule has 2 N–H and O–H groups in total. The average molecular weight is 244 g/mol. The quantitative estimate of drug-likeness (QED) is 0.821. The monoisotopic (exact) mass is 244 g/mol. The number of hydrogen-bond acceptors (Lipinski definition) is 2. The molecular weight excluding hydrogens is 224 g/mol. The molecule has 0 fully saturated rings. The van der Waals surface area contributed by atoms with E-state index in [4.69, 9.17) is 5.73 Å². The zero-order valence-electron chi connectivity index (χ0n) is 10.8. The molecule has 2 aromatic heterocycles. The van der Waals surface area contributed by atoms with E-state index in [0.29, 0.717) is 0 Å². The van der Waals surface area contributed by atoms with Gasteiger partial charge < -0.3 is 10.3 Å². The molecule has 4 nitrogen and oxygen atoms in total. The molecule has 2 heterocycles. The third-order valence-electron chi connectivity index (χ3n) is 3.73. The van der Waals surface area contributed by atoms with Crippen LogP contribution in [-0.2, 0) is 20.0 Å². The summed E-state index contributed by atoms with van der Waals surface area (Å²) in [7, 11) is 1.95. The Hall–Kier alpha value is -1.55. The lowest BCUT2D eigenvalue weighted by molar-refractivity contribution is 0.610. The fourth-order valence-electron chi connectivity index (χ4n) is 2.81. The summed E-state index contributed by atoms with van der Waals surface area (Å²) in [6, 6.07) is 0.220. The highest BCUT2D eigenvalue weighted by molar-refractivity contribution is 5.29. The van der Waals surface area contributed by atoms with Crippen LogP contribution < -0.4 is 5.73 Å². The van der Waals surface area contributed by atoms with Crippen molar-refractivity contribution in [2.45, 2.75) is 38.3 Å². The fraction of sp³-hybridized carbons (Fsp3) is 0.500. The number of nitrogens with zero attached hydrogens (tertiary/aromatic N) is 3. The van der Waals surface area contributed by atoms with Crippen LogP contribution in [0.3, 0.4) is 0 Å². The molecule has 0 radical (unpaired) electrons. The molecule has 0 saturated heterocycles. The molecule has 96 valence electrons. The summed E-state index contributed by atoms with van der Waals surface area (Å²) >= 11 is 0.